The number of benzene rings is 6. The van der Waals surface area contributed by atoms with E-state index in [0.29, 0.717) is 5.52 Å². The maximum Gasteiger partial charge on any atom is 0.131 e. The average molecular weight is 515 g/mol. The van der Waals surface area contributed by atoms with E-state index in [1.54, 1.807) is 12.1 Å². The van der Waals surface area contributed by atoms with Gasteiger partial charge in [-0.25, -0.2) is 0 Å². The van der Waals surface area contributed by atoms with E-state index >= 15 is 0 Å². The molecule has 8 rings (SSSR count). The molecule has 0 saturated heterocycles. The first-order valence-corrected chi connectivity index (χ1v) is 12.5. The highest BCUT2D eigenvalue weighted by atomic mass is 16.5. The maximum absolute atomic E-state index is 9.71. The Hall–Kier alpha value is -4.82. The second-order valence-corrected chi connectivity index (χ2v) is 9.57. The molecule has 0 N–H and O–H groups in total. The zero-order valence-corrected chi connectivity index (χ0v) is 20.4. The van der Waals surface area contributed by atoms with E-state index < -0.39 is 84.0 Å². The third kappa shape index (κ3) is 3.15. The van der Waals surface area contributed by atoms with Gasteiger partial charge in [-0.2, -0.15) is 0 Å². The van der Waals surface area contributed by atoms with E-state index in [0.717, 1.165) is 32.7 Å². The number of nitrogens with zero attached hydrogens (tertiary/aromatic N) is 1. The van der Waals surface area contributed by atoms with E-state index in [1.165, 1.54) is 0 Å². The lowest BCUT2D eigenvalue weighted by atomic mass is 9.75. The molecule has 0 saturated carbocycles. The van der Waals surface area contributed by atoms with Gasteiger partial charge in [-0.1, -0.05) is 111 Å². The average Bonchev–Trinajstić information content (AvgIpc) is 3.46. The van der Waals surface area contributed by atoms with E-state index in [9.17, 15) is 4.11 Å². The molecule has 2 heterocycles. The first kappa shape index (κ1) is 12.8. The van der Waals surface area contributed by atoms with Crippen molar-refractivity contribution >= 4 is 32.6 Å². The number of hydrogen-bond donors (Lipinski definition) is 0. The lowest BCUT2D eigenvalue weighted by molar-refractivity contribution is 0.418. The quantitative estimate of drug-likeness (QED) is 0.224. The van der Waals surface area contributed by atoms with E-state index in [4.69, 9.17) is 18.4 Å². The third-order valence-electron chi connectivity index (χ3n) is 7.34. The normalized spacial score (nSPS) is 19.2. The molecule has 2 nitrogen and oxygen atoms in total. The predicted molar refractivity (Wildman–Crippen MR) is 162 cm³/mol. The Kier molecular flexibility index (Phi) is 2.66. The first-order chi connectivity index (χ1) is 24.5. The zero-order chi connectivity index (χ0) is 37.2. The van der Waals surface area contributed by atoms with Crippen LogP contribution >= 0.6 is 0 Å². The number of hydrogen-bond acceptors (Lipinski definition) is 1. The number of ether oxygens (including phenoxy) is 1. The van der Waals surface area contributed by atoms with Crippen LogP contribution in [0.1, 0.15) is 42.7 Å². The van der Waals surface area contributed by atoms with Gasteiger partial charge < -0.3 is 9.30 Å². The number of rotatable bonds is 2. The molecular formula is C37H27NO. The zero-order valence-electron chi connectivity index (χ0n) is 33.4. The fourth-order valence-corrected chi connectivity index (χ4v) is 5.60. The predicted octanol–water partition coefficient (Wildman–Crippen LogP) is 10.0. The lowest BCUT2D eigenvalue weighted by Crippen LogP contribution is -2.24. The summed E-state index contributed by atoms with van der Waals surface area (Å²) in [7, 11) is 0. The van der Waals surface area contributed by atoms with Gasteiger partial charge in [-0.05, 0) is 41.2 Å². The standard InChI is InChI=1S/C37H27NO/c1-37(2)31-17-8-9-18-33(31)39-34-22-20-25(23-32(34)37)28-15-10-16-29-30-21-19-24-11-6-7-14-27(24)35(30)38(36(28)29)26-12-4-3-5-13-26/h3-23H,1-2H3/i1D3,2D3,8D,9D,17D,18D,20D,22D,23D. The molecule has 1 aromatic heterocycles. The summed E-state index contributed by atoms with van der Waals surface area (Å²) in [6.45, 7) is -7.15. The Labute approximate surface area is 246 Å². The van der Waals surface area contributed by atoms with Crippen LogP contribution in [0.4, 0.5) is 0 Å². The molecule has 186 valence electrons. The van der Waals surface area contributed by atoms with Gasteiger partial charge >= 0.3 is 0 Å². The van der Waals surface area contributed by atoms with Crippen molar-refractivity contribution in [1.82, 2.24) is 4.57 Å². The Bertz CT molecular complexity index is 2650. The summed E-state index contributed by atoms with van der Waals surface area (Å²) in [6, 6.07) is 20.9. The van der Waals surface area contributed by atoms with Crippen LogP contribution in [-0.2, 0) is 5.41 Å². The molecule has 0 atom stereocenters. The van der Waals surface area contributed by atoms with Crippen molar-refractivity contribution in [1.29, 1.82) is 0 Å². The largest absolute Gasteiger partial charge is 0.457 e. The maximum atomic E-state index is 9.71. The Morgan fingerprint density at radius 3 is 2.33 bits per heavy atom. The fourth-order valence-electron chi connectivity index (χ4n) is 5.60. The topological polar surface area (TPSA) is 14.2 Å². The van der Waals surface area contributed by atoms with Crippen LogP contribution in [0.25, 0.3) is 49.4 Å². The SMILES string of the molecule is [2H]c1c([2H])c([2H])c2c(c1[2H])Oc1c([2H])c([2H])c(-c3cccc4c5ccc6ccccc6c5n(-c5ccccc5)c34)c([2H])c1C2(C([2H])([2H])[2H])C([2H])([2H])[2H]. The van der Waals surface area contributed by atoms with Gasteiger partial charge in [0, 0.05) is 52.2 Å². The van der Waals surface area contributed by atoms with Crippen molar-refractivity contribution in [3.05, 3.63) is 138 Å². The second-order valence-electron chi connectivity index (χ2n) is 9.57. The molecule has 0 bridgehead atoms. The van der Waals surface area contributed by atoms with Crippen molar-refractivity contribution < 1.29 is 22.6 Å². The summed E-state index contributed by atoms with van der Waals surface area (Å²) >= 11 is 0. The molecule has 0 radical (unpaired) electrons. The minimum atomic E-state index is -3.57. The van der Waals surface area contributed by atoms with Crippen LogP contribution in [0.3, 0.4) is 0 Å². The van der Waals surface area contributed by atoms with Gasteiger partial charge in [0.25, 0.3) is 0 Å². The molecule has 2 heteroatoms. The summed E-state index contributed by atoms with van der Waals surface area (Å²) < 4.78 is 123. The summed E-state index contributed by atoms with van der Waals surface area (Å²) in [5.41, 5.74) is -2.79. The highest BCUT2D eigenvalue weighted by Gasteiger charge is 2.34. The monoisotopic (exact) mass is 514 g/mol. The number of fused-ring (bicyclic) bond motifs is 7. The van der Waals surface area contributed by atoms with Gasteiger partial charge in [-0.15, -0.1) is 0 Å². The van der Waals surface area contributed by atoms with Crippen molar-refractivity contribution in [2.45, 2.75) is 19.1 Å². The van der Waals surface area contributed by atoms with E-state index in [2.05, 4.69) is 0 Å². The molecule has 0 aliphatic carbocycles. The molecule has 39 heavy (non-hydrogen) atoms. The van der Waals surface area contributed by atoms with Crippen LogP contribution in [0.5, 0.6) is 11.5 Å². The van der Waals surface area contributed by atoms with Crippen molar-refractivity contribution in [3.63, 3.8) is 0 Å². The van der Waals surface area contributed by atoms with Gasteiger partial charge in [-0.3, -0.25) is 0 Å². The van der Waals surface area contributed by atoms with Crippen molar-refractivity contribution in [2.24, 2.45) is 0 Å². The van der Waals surface area contributed by atoms with Crippen LogP contribution < -0.4 is 4.74 Å². The summed E-state index contributed by atoms with van der Waals surface area (Å²) in [5, 5.41) is 3.44. The highest BCUT2D eigenvalue weighted by Crippen LogP contribution is 2.49. The summed E-state index contributed by atoms with van der Waals surface area (Å²) in [6.07, 6.45) is 0. The molecule has 0 fully saturated rings. The Morgan fingerprint density at radius 2 is 1.44 bits per heavy atom. The summed E-state index contributed by atoms with van der Waals surface area (Å²) in [5.74, 6) is -1.51. The van der Waals surface area contributed by atoms with Crippen LogP contribution in [0, 0.1) is 0 Å². The third-order valence-corrected chi connectivity index (χ3v) is 7.34. The molecule has 7 aromatic rings. The van der Waals surface area contributed by atoms with Crippen LogP contribution in [-0.4, -0.2) is 4.57 Å². The first-order valence-electron chi connectivity index (χ1n) is 19.0. The second kappa shape index (κ2) is 8.09. The summed E-state index contributed by atoms with van der Waals surface area (Å²) in [4.78, 5) is 0. The van der Waals surface area contributed by atoms with Gasteiger partial charge in [0.15, 0.2) is 0 Å². The number of para-hydroxylation sites is 3. The smallest absolute Gasteiger partial charge is 0.131 e. The molecule has 0 spiro atoms. The molecule has 1 aliphatic rings. The molecular weight excluding hydrogens is 474 g/mol. The molecule has 0 amide bonds. The van der Waals surface area contributed by atoms with E-state index in [1.807, 2.05) is 77.4 Å². The van der Waals surface area contributed by atoms with Gasteiger partial charge in [0.1, 0.15) is 11.5 Å². The Balaban J connectivity index is 1.59. The minimum Gasteiger partial charge on any atom is -0.457 e. The Morgan fingerprint density at radius 1 is 0.667 bits per heavy atom. The van der Waals surface area contributed by atoms with E-state index in [-0.39, 0.29) is 11.1 Å². The van der Waals surface area contributed by atoms with Crippen molar-refractivity contribution in [2.75, 3.05) is 0 Å². The molecule has 0 unspecified atom stereocenters. The highest BCUT2D eigenvalue weighted by molar-refractivity contribution is 6.21. The fraction of sp³-hybridized carbons (Fsp3) is 0.0811. The molecule has 1 aliphatic heterocycles. The number of aromatic nitrogens is 1. The van der Waals surface area contributed by atoms with Crippen LogP contribution in [0.2, 0.25) is 0 Å². The minimum absolute atomic E-state index is 0.232. The van der Waals surface area contributed by atoms with Crippen molar-refractivity contribution in [3.8, 4) is 28.3 Å². The molecule has 6 aromatic carbocycles. The van der Waals surface area contributed by atoms with Gasteiger partial charge in [0.05, 0.1) is 20.6 Å². The van der Waals surface area contributed by atoms with Crippen LogP contribution in [0.15, 0.2) is 127 Å². The lowest BCUT2D eigenvalue weighted by Gasteiger charge is -2.34. The van der Waals surface area contributed by atoms with Gasteiger partial charge in [0.2, 0.25) is 0 Å².